The van der Waals surface area contributed by atoms with Crippen LogP contribution < -0.4 is 5.73 Å². The molecule has 0 aromatic carbocycles. The van der Waals surface area contributed by atoms with Gasteiger partial charge in [-0.15, -0.1) is 0 Å². The van der Waals surface area contributed by atoms with Crippen LogP contribution in [0.5, 0.6) is 0 Å². The van der Waals surface area contributed by atoms with Gasteiger partial charge in [-0.05, 0) is 43.6 Å². The summed E-state index contributed by atoms with van der Waals surface area (Å²) >= 11 is 0. The summed E-state index contributed by atoms with van der Waals surface area (Å²) in [5, 5.41) is 0. The Kier molecular flexibility index (Phi) is 5.98. The monoisotopic (exact) mass is 396 g/mol. The van der Waals surface area contributed by atoms with Crippen LogP contribution in [0.3, 0.4) is 0 Å². The minimum absolute atomic E-state index is 0.0131. The van der Waals surface area contributed by atoms with Crippen LogP contribution in [-0.2, 0) is 17.1 Å². The van der Waals surface area contributed by atoms with Gasteiger partial charge < -0.3 is 15.2 Å². The molecule has 8 heteroatoms. The number of amides is 1. The molecule has 2 N–H and O–H groups in total. The summed E-state index contributed by atoms with van der Waals surface area (Å²) in [6.07, 6.45) is 5.33. The largest absolute Gasteiger partial charge is 0.345 e. The Hall–Kier alpha value is -1.38. The Bertz CT molecular complexity index is 789. The van der Waals surface area contributed by atoms with E-state index in [9.17, 15) is 13.2 Å². The fraction of sp³-hybridized carbons (Fsp3) is 0.737. The predicted octanol–water partition coefficient (Wildman–Crippen LogP) is 1.65. The van der Waals surface area contributed by atoms with Crippen LogP contribution >= 0.6 is 0 Å². The van der Waals surface area contributed by atoms with Gasteiger partial charge in [-0.3, -0.25) is 4.79 Å². The Labute approximate surface area is 162 Å². The van der Waals surface area contributed by atoms with E-state index < -0.39 is 10.0 Å². The number of piperidine rings is 2. The number of hydrogen-bond acceptors (Lipinski definition) is 4. The lowest BCUT2D eigenvalue weighted by atomic mass is 9.92. The van der Waals surface area contributed by atoms with Crippen molar-refractivity contribution >= 4 is 15.9 Å². The summed E-state index contributed by atoms with van der Waals surface area (Å²) in [6.45, 7) is 6.43. The first-order chi connectivity index (χ1) is 12.7. The number of nitrogens with two attached hydrogens (primary N) is 1. The first-order valence-corrected chi connectivity index (χ1v) is 11.4. The molecule has 27 heavy (non-hydrogen) atoms. The molecule has 0 saturated carbocycles. The SMILES string of the molecule is CC1CCN(C(=O)c2cc(S(=O)(=O)N3CCCC(C)C3)cn2C)C(CN)C1. The molecule has 3 heterocycles. The summed E-state index contributed by atoms with van der Waals surface area (Å²) in [5.41, 5.74) is 6.30. The van der Waals surface area contributed by atoms with Gasteiger partial charge in [-0.1, -0.05) is 13.8 Å². The van der Waals surface area contributed by atoms with Crippen LogP contribution in [-0.4, -0.2) is 60.3 Å². The average molecular weight is 397 g/mol. The molecule has 2 fully saturated rings. The quantitative estimate of drug-likeness (QED) is 0.838. The van der Waals surface area contributed by atoms with Crippen LogP contribution in [0.2, 0.25) is 0 Å². The number of likely N-dealkylation sites (tertiary alicyclic amines) is 1. The molecule has 152 valence electrons. The molecule has 2 saturated heterocycles. The summed E-state index contributed by atoms with van der Waals surface area (Å²) in [6, 6.07) is 1.54. The highest BCUT2D eigenvalue weighted by Crippen LogP contribution is 2.27. The Morgan fingerprint density at radius 3 is 2.63 bits per heavy atom. The average Bonchev–Trinajstić information content (AvgIpc) is 3.03. The van der Waals surface area contributed by atoms with Crippen LogP contribution in [0.25, 0.3) is 0 Å². The second kappa shape index (κ2) is 7.93. The van der Waals surface area contributed by atoms with Gasteiger partial charge in [0.25, 0.3) is 5.91 Å². The first-order valence-electron chi connectivity index (χ1n) is 9.91. The van der Waals surface area contributed by atoms with Crippen molar-refractivity contribution in [1.29, 1.82) is 0 Å². The third-order valence-electron chi connectivity index (χ3n) is 5.97. The van der Waals surface area contributed by atoms with Crippen molar-refractivity contribution in [3.05, 3.63) is 18.0 Å². The third-order valence-corrected chi connectivity index (χ3v) is 7.80. The lowest BCUT2D eigenvalue weighted by Crippen LogP contribution is -2.49. The maximum absolute atomic E-state index is 13.1. The van der Waals surface area contributed by atoms with E-state index >= 15 is 0 Å². The van der Waals surface area contributed by atoms with Crippen LogP contribution in [0.1, 0.15) is 50.0 Å². The minimum Gasteiger partial charge on any atom is -0.345 e. The Morgan fingerprint density at radius 1 is 1.22 bits per heavy atom. The van der Waals surface area contributed by atoms with E-state index in [-0.39, 0.29) is 16.8 Å². The van der Waals surface area contributed by atoms with Crippen molar-refractivity contribution in [1.82, 2.24) is 13.8 Å². The molecule has 0 spiro atoms. The van der Waals surface area contributed by atoms with Gasteiger partial charge in [0.1, 0.15) is 10.6 Å². The molecule has 0 aliphatic carbocycles. The lowest BCUT2D eigenvalue weighted by Gasteiger charge is -2.38. The Morgan fingerprint density at radius 2 is 1.96 bits per heavy atom. The van der Waals surface area contributed by atoms with E-state index in [0.29, 0.717) is 43.7 Å². The highest BCUT2D eigenvalue weighted by molar-refractivity contribution is 7.89. The molecule has 0 radical (unpaired) electrons. The zero-order valence-corrected chi connectivity index (χ0v) is 17.4. The molecule has 3 unspecified atom stereocenters. The normalized spacial score (nSPS) is 27.7. The molecule has 1 amide bonds. The number of hydrogen-bond donors (Lipinski definition) is 1. The van der Waals surface area contributed by atoms with Gasteiger partial charge in [0.05, 0.1) is 0 Å². The summed E-state index contributed by atoms with van der Waals surface area (Å²) in [5.74, 6) is 0.778. The van der Waals surface area contributed by atoms with Gasteiger partial charge in [0.15, 0.2) is 0 Å². The standard InChI is InChI=1S/C19H32N4O3S/c1-14-6-8-23(16(9-14)11-20)19(24)18-10-17(13-21(18)3)27(25,26)22-7-4-5-15(2)12-22/h10,13-16H,4-9,11-12,20H2,1-3H3. The van der Waals surface area contributed by atoms with Crippen LogP contribution in [0, 0.1) is 11.8 Å². The number of carbonyl (C=O) groups is 1. The maximum Gasteiger partial charge on any atom is 0.270 e. The fourth-order valence-electron chi connectivity index (χ4n) is 4.29. The molecule has 2 aliphatic heterocycles. The zero-order chi connectivity index (χ0) is 19.8. The van der Waals surface area contributed by atoms with E-state index in [4.69, 9.17) is 5.73 Å². The molecular weight excluding hydrogens is 364 g/mol. The van der Waals surface area contributed by atoms with Crippen molar-refractivity contribution in [3.63, 3.8) is 0 Å². The smallest absolute Gasteiger partial charge is 0.270 e. The summed E-state index contributed by atoms with van der Waals surface area (Å²) in [4.78, 5) is 15.1. The van der Waals surface area contributed by atoms with Crippen LogP contribution in [0.15, 0.2) is 17.2 Å². The topological polar surface area (TPSA) is 88.6 Å². The molecule has 0 bridgehead atoms. The van der Waals surface area contributed by atoms with E-state index in [1.54, 1.807) is 22.1 Å². The van der Waals surface area contributed by atoms with Gasteiger partial charge in [-0.25, -0.2) is 8.42 Å². The highest BCUT2D eigenvalue weighted by Gasteiger charge is 2.34. The van der Waals surface area contributed by atoms with Crippen molar-refractivity contribution in [2.24, 2.45) is 24.6 Å². The number of rotatable bonds is 4. The molecule has 7 nitrogen and oxygen atoms in total. The number of aryl methyl sites for hydroxylation is 1. The molecule has 2 aliphatic rings. The molecule has 3 rings (SSSR count). The van der Waals surface area contributed by atoms with Crippen molar-refractivity contribution in [2.45, 2.75) is 50.5 Å². The van der Waals surface area contributed by atoms with Gasteiger partial charge in [-0.2, -0.15) is 4.31 Å². The predicted molar refractivity (Wildman–Crippen MR) is 105 cm³/mol. The van der Waals surface area contributed by atoms with E-state index in [2.05, 4.69) is 13.8 Å². The third kappa shape index (κ3) is 4.07. The number of carbonyl (C=O) groups excluding carboxylic acids is 1. The van der Waals surface area contributed by atoms with Gasteiger partial charge >= 0.3 is 0 Å². The fourth-order valence-corrected chi connectivity index (χ4v) is 5.96. The second-order valence-electron chi connectivity index (χ2n) is 8.30. The van der Waals surface area contributed by atoms with Gasteiger partial charge in [0.2, 0.25) is 10.0 Å². The van der Waals surface area contributed by atoms with E-state index in [0.717, 1.165) is 25.7 Å². The van der Waals surface area contributed by atoms with E-state index in [1.165, 1.54) is 6.07 Å². The molecule has 3 atom stereocenters. The van der Waals surface area contributed by atoms with Crippen molar-refractivity contribution in [2.75, 3.05) is 26.2 Å². The first kappa shape index (κ1) is 20.4. The number of sulfonamides is 1. The lowest BCUT2D eigenvalue weighted by molar-refractivity contribution is 0.0564. The molecular formula is C19H32N4O3S. The van der Waals surface area contributed by atoms with Crippen molar-refractivity contribution in [3.8, 4) is 0 Å². The number of aromatic nitrogens is 1. The summed E-state index contributed by atoms with van der Waals surface area (Å²) in [7, 11) is -1.84. The minimum atomic E-state index is -3.57. The maximum atomic E-state index is 13.1. The van der Waals surface area contributed by atoms with Crippen LogP contribution in [0.4, 0.5) is 0 Å². The van der Waals surface area contributed by atoms with E-state index in [1.807, 2.05) is 4.90 Å². The highest BCUT2D eigenvalue weighted by atomic mass is 32.2. The molecule has 1 aromatic heterocycles. The van der Waals surface area contributed by atoms with Crippen molar-refractivity contribution < 1.29 is 13.2 Å². The van der Waals surface area contributed by atoms with Gasteiger partial charge in [0, 0.05) is 45.5 Å². The molecule has 1 aromatic rings. The second-order valence-corrected chi connectivity index (χ2v) is 10.2. The number of nitrogens with zero attached hydrogens (tertiary/aromatic N) is 3. The zero-order valence-electron chi connectivity index (χ0n) is 16.6. The summed E-state index contributed by atoms with van der Waals surface area (Å²) < 4.78 is 29.2. The Balaban J connectivity index is 1.84.